The molecular formula is C21H20N2O4S2. The Morgan fingerprint density at radius 2 is 1.52 bits per heavy atom. The van der Waals surface area contributed by atoms with E-state index in [1.165, 1.54) is 41.8 Å². The van der Waals surface area contributed by atoms with Gasteiger partial charge in [-0.15, -0.1) is 0 Å². The lowest BCUT2D eigenvalue weighted by Gasteiger charge is -2.18. The van der Waals surface area contributed by atoms with Crippen LogP contribution >= 0.6 is 0 Å². The fourth-order valence-corrected chi connectivity index (χ4v) is 4.77. The zero-order valence-electron chi connectivity index (χ0n) is 15.7. The van der Waals surface area contributed by atoms with E-state index in [1.54, 1.807) is 54.6 Å². The minimum Gasteiger partial charge on any atom is -0.243 e. The Kier molecular flexibility index (Phi) is 6.26. The summed E-state index contributed by atoms with van der Waals surface area (Å²) in [6.45, 7) is 0.0742. The van der Waals surface area contributed by atoms with Gasteiger partial charge in [0.05, 0.1) is 4.90 Å². The highest BCUT2D eigenvalue weighted by atomic mass is 32.2. The van der Waals surface area contributed by atoms with Gasteiger partial charge in [0.15, 0.2) is 14.9 Å². The van der Waals surface area contributed by atoms with Crippen molar-refractivity contribution in [3.63, 3.8) is 0 Å². The quantitative estimate of drug-likeness (QED) is 0.576. The summed E-state index contributed by atoms with van der Waals surface area (Å²) in [6.07, 6.45) is 2.91. The molecule has 0 saturated heterocycles. The van der Waals surface area contributed by atoms with E-state index in [9.17, 15) is 16.8 Å². The van der Waals surface area contributed by atoms with Crippen molar-refractivity contribution in [3.05, 3.63) is 95.5 Å². The molecule has 0 radical (unpaired) electrons. The zero-order chi connectivity index (χ0) is 20.9. The number of pyridine rings is 1. The second-order valence-electron chi connectivity index (χ2n) is 6.29. The molecule has 0 saturated carbocycles. The topological polar surface area (TPSA) is 84.4 Å². The van der Waals surface area contributed by atoms with Crippen LogP contribution in [0.2, 0.25) is 0 Å². The average Bonchev–Trinajstić information content (AvgIpc) is 2.74. The molecule has 0 atom stereocenters. The Bertz CT molecular complexity index is 1210. The summed E-state index contributed by atoms with van der Waals surface area (Å²) in [7, 11) is -5.89. The van der Waals surface area contributed by atoms with Crippen molar-refractivity contribution in [1.82, 2.24) is 9.29 Å². The second-order valence-corrected chi connectivity index (χ2v) is 10.1. The Morgan fingerprint density at radius 1 is 0.862 bits per heavy atom. The van der Waals surface area contributed by atoms with Crippen molar-refractivity contribution in [3.8, 4) is 0 Å². The minimum absolute atomic E-state index is 0.0396. The summed E-state index contributed by atoms with van der Waals surface area (Å²) in [6, 6.07) is 19.9. The largest absolute Gasteiger partial charge is 0.260 e. The van der Waals surface area contributed by atoms with E-state index < -0.39 is 19.9 Å². The predicted octanol–water partition coefficient (Wildman–Crippen LogP) is 3.35. The number of sulfone groups is 1. The van der Waals surface area contributed by atoms with Crippen molar-refractivity contribution in [2.24, 2.45) is 0 Å². The first kappa shape index (κ1) is 20.9. The van der Waals surface area contributed by atoms with Crippen LogP contribution in [0.15, 0.2) is 94.3 Å². The van der Waals surface area contributed by atoms with Gasteiger partial charge < -0.3 is 0 Å². The number of rotatable bonds is 7. The maximum atomic E-state index is 12.7. The lowest BCUT2D eigenvalue weighted by Crippen LogP contribution is -2.27. The molecule has 29 heavy (non-hydrogen) atoms. The van der Waals surface area contributed by atoms with Crippen LogP contribution in [-0.2, 0) is 26.4 Å². The summed E-state index contributed by atoms with van der Waals surface area (Å²) in [5, 5.41) is 1.09. The molecule has 0 amide bonds. The second kappa shape index (κ2) is 8.69. The van der Waals surface area contributed by atoms with Crippen LogP contribution in [0.3, 0.4) is 0 Å². The summed E-state index contributed by atoms with van der Waals surface area (Å²) in [4.78, 5) is 4.11. The number of hydrogen-bond donors (Lipinski definition) is 0. The highest BCUT2D eigenvalue weighted by molar-refractivity contribution is 7.94. The molecule has 8 heteroatoms. The van der Waals surface area contributed by atoms with Crippen molar-refractivity contribution in [2.45, 2.75) is 16.5 Å². The van der Waals surface area contributed by atoms with Crippen molar-refractivity contribution >= 4 is 25.9 Å². The van der Waals surface area contributed by atoms with E-state index in [0.717, 1.165) is 5.41 Å². The molecule has 1 aromatic heterocycles. The van der Waals surface area contributed by atoms with Crippen LogP contribution in [0.1, 0.15) is 11.1 Å². The van der Waals surface area contributed by atoms with E-state index in [2.05, 4.69) is 4.98 Å². The molecule has 1 heterocycles. The Morgan fingerprint density at radius 3 is 2.21 bits per heavy atom. The molecule has 3 rings (SSSR count). The molecule has 0 fully saturated rings. The Balaban J connectivity index is 1.86. The van der Waals surface area contributed by atoms with Gasteiger partial charge in [-0.2, -0.15) is 4.31 Å². The molecule has 150 valence electrons. The third-order valence-corrected chi connectivity index (χ3v) is 7.40. The van der Waals surface area contributed by atoms with Crippen LogP contribution in [0, 0.1) is 0 Å². The van der Waals surface area contributed by atoms with Gasteiger partial charge in [0.2, 0.25) is 0 Å². The Labute approximate surface area is 171 Å². The van der Waals surface area contributed by atoms with Crippen LogP contribution in [0.4, 0.5) is 0 Å². The van der Waals surface area contributed by atoms with Crippen LogP contribution in [0.5, 0.6) is 0 Å². The molecular weight excluding hydrogens is 408 g/mol. The number of nitrogens with zero attached hydrogens (tertiary/aromatic N) is 2. The van der Waals surface area contributed by atoms with E-state index in [-0.39, 0.29) is 16.5 Å². The summed E-state index contributed by atoms with van der Waals surface area (Å²) < 4.78 is 51.6. The molecule has 0 spiro atoms. The van der Waals surface area contributed by atoms with Gasteiger partial charge in [-0.1, -0.05) is 48.5 Å². The number of hydrogen-bond acceptors (Lipinski definition) is 5. The lowest BCUT2D eigenvalue weighted by atomic mass is 10.1. The molecule has 0 aliphatic carbocycles. The van der Waals surface area contributed by atoms with Crippen molar-refractivity contribution < 1.29 is 16.8 Å². The summed E-state index contributed by atoms with van der Waals surface area (Å²) >= 11 is 0. The minimum atomic E-state index is -3.76. The van der Waals surface area contributed by atoms with Crippen LogP contribution < -0.4 is 0 Å². The van der Waals surface area contributed by atoms with E-state index >= 15 is 0 Å². The van der Waals surface area contributed by atoms with Crippen LogP contribution in [-0.4, -0.2) is 33.2 Å². The zero-order valence-corrected chi connectivity index (χ0v) is 17.3. The predicted molar refractivity (Wildman–Crippen MR) is 112 cm³/mol. The molecule has 0 aliphatic rings. The van der Waals surface area contributed by atoms with Gasteiger partial charge in [0, 0.05) is 25.2 Å². The first-order chi connectivity index (χ1) is 13.8. The number of aromatic nitrogens is 1. The summed E-state index contributed by atoms with van der Waals surface area (Å²) in [5.74, 6) is 0. The van der Waals surface area contributed by atoms with Crippen molar-refractivity contribution in [1.29, 1.82) is 0 Å². The van der Waals surface area contributed by atoms with Crippen molar-refractivity contribution in [2.75, 3.05) is 7.05 Å². The molecule has 3 aromatic rings. The van der Waals surface area contributed by atoms with E-state index in [4.69, 9.17) is 0 Å². The van der Waals surface area contributed by atoms with Gasteiger partial charge in [0.1, 0.15) is 0 Å². The van der Waals surface area contributed by atoms with Crippen LogP contribution in [0.25, 0.3) is 6.08 Å². The maximum absolute atomic E-state index is 12.7. The molecule has 0 bridgehead atoms. The Hall–Kier alpha value is -2.81. The van der Waals surface area contributed by atoms with Gasteiger partial charge in [-0.05, 0) is 41.5 Å². The molecule has 0 N–H and O–H groups in total. The standard InChI is InChI=1S/C21H20N2O4S2/c1-23(29(26,27)21-13-7-8-15-22-21)17-19-10-6-5-9-18(19)14-16-28(24,25)20-11-3-2-4-12-20/h2-16H,17H2,1H3/b16-14+. The molecule has 2 aromatic carbocycles. The highest BCUT2D eigenvalue weighted by Gasteiger charge is 2.22. The van der Waals surface area contributed by atoms with Gasteiger partial charge >= 0.3 is 0 Å². The van der Waals surface area contributed by atoms with E-state index in [1.807, 2.05) is 0 Å². The number of sulfonamides is 1. The van der Waals surface area contributed by atoms with Gasteiger partial charge in [0.25, 0.3) is 10.0 Å². The third-order valence-electron chi connectivity index (χ3n) is 4.26. The van der Waals surface area contributed by atoms with E-state index in [0.29, 0.717) is 11.1 Å². The monoisotopic (exact) mass is 428 g/mol. The number of benzene rings is 2. The summed E-state index contributed by atoms with van der Waals surface area (Å²) in [5.41, 5.74) is 1.30. The molecule has 0 unspecified atom stereocenters. The lowest BCUT2D eigenvalue weighted by molar-refractivity contribution is 0.463. The van der Waals surface area contributed by atoms with Gasteiger partial charge in [-0.25, -0.2) is 21.8 Å². The fraction of sp³-hybridized carbons (Fsp3) is 0.0952. The fourth-order valence-electron chi connectivity index (χ4n) is 2.68. The third kappa shape index (κ3) is 4.97. The molecule has 0 aliphatic heterocycles. The SMILES string of the molecule is CN(Cc1ccccc1/C=C/S(=O)(=O)c1ccccc1)S(=O)(=O)c1ccccn1. The smallest absolute Gasteiger partial charge is 0.243 e. The normalized spacial score (nSPS) is 12.5. The first-order valence-electron chi connectivity index (χ1n) is 8.74. The molecule has 6 nitrogen and oxygen atoms in total. The first-order valence-corrected chi connectivity index (χ1v) is 11.7. The van der Waals surface area contributed by atoms with Gasteiger partial charge in [-0.3, -0.25) is 0 Å². The maximum Gasteiger partial charge on any atom is 0.260 e. The highest BCUT2D eigenvalue weighted by Crippen LogP contribution is 2.19. The average molecular weight is 429 g/mol.